The first-order valence-electron chi connectivity index (χ1n) is 15.6. The summed E-state index contributed by atoms with van der Waals surface area (Å²) in [7, 11) is 0. The lowest BCUT2D eigenvalue weighted by Gasteiger charge is -2.44. The lowest BCUT2D eigenvalue weighted by Crippen LogP contribution is -2.63. The van der Waals surface area contributed by atoms with Crippen molar-refractivity contribution >= 4 is 35.9 Å². The lowest BCUT2D eigenvalue weighted by molar-refractivity contribution is -0.288. The first-order chi connectivity index (χ1) is 23.9. The number of hydrogen-bond acceptors (Lipinski definition) is 16. The van der Waals surface area contributed by atoms with Crippen molar-refractivity contribution in [1.82, 2.24) is 0 Å². The van der Waals surface area contributed by atoms with Crippen molar-refractivity contribution in [3.8, 4) is 28.7 Å². The van der Waals surface area contributed by atoms with Crippen LogP contribution in [-0.4, -0.2) is 87.4 Å². The fraction of sp³-hybridized carbons (Fsp3) is 0.441. The highest BCUT2D eigenvalue weighted by molar-refractivity contribution is 5.96. The molecule has 0 spiro atoms. The zero-order valence-electron chi connectivity index (χ0n) is 27.5. The Morgan fingerprint density at radius 3 is 2.04 bits per heavy atom. The number of benzene rings is 2. The minimum atomic E-state index is -1.50. The van der Waals surface area contributed by atoms with E-state index in [1.54, 1.807) is 36.4 Å². The molecule has 0 amide bonds. The van der Waals surface area contributed by atoms with Gasteiger partial charge in [0.1, 0.15) is 18.5 Å². The van der Waals surface area contributed by atoms with Gasteiger partial charge >= 0.3 is 29.8 Å². The zero-order valence-corrected chi connectivity index (χ0v) is 27.5. The number of ether oxygens (including phenoxy) is 11. The molecule has 0 unspecified atom stereocenters. The molecule has 0 bridgehead atoms. The van der Waals surface area contributed by atoms with Gasteiger partial charge in [0.15, 0.2) is 35.2 Å². The summed E-state index contributed by atoms with van der Waals surface area (Å²) in [4.78, 5) is 61.4. The molecule has 2 aromatic carbocycles. The van der Waals surface area contributed by atoms with Crippen molar-refractivity contribution in [2.45, 2.75) is 64.8 Å². The molecular formula is C34H34O16. The topological polar surface area (TPSA) is 187 Å². The van der Waals surface area contributed by atoms with Crippen LogP contribution < -0.4 is 23.7 Å². The number of carbonyl (C=O) groups is 5. The van der Waals surface area contributed by atoms with E-state index in [2.05, 4.69) is 0 Å². The van der Waals surface area contributed by atoms with E-state index in [0.29, 0.717) is 39.7 Å². The highest BCUT2D eigenvalue weighted by Crippen LogP contribution is 2.42. The van der Waals surface area contributed by atoms with Crippen LogP contribution in [0.3, 0.4) is 0 Å². The Kier molecular flexibility index (Phi) is 9.99. The Bertz CT molecular complexity index is 1710. The average molecular weight is 699 g/mol. The molecule has 6 atom stereocenters. The molecule has 0 aromatic heterocycles. The third-order valence-electron chi connectivity index (χ3n) is 8.02. The van der Waals surface area contributed by atoms with Crippen LogP contribution in [0.25, 0.3) is 6.08 Å². The summed E-state index contributed by atoms with van der Waals surface area (Å²) in [6.45, 7) is 4.24. The molecule has 6 rings (SSSR count). The van der Waals surface area contributed by atoms with Crippen LogP contribution in [0.4, 0.5) is 0 Å². The van der Waals surface area contributed by atoms with E-state index < -0.39 is 73.1 Å². The minimum absolute atomic E-state index is 0.0580. The maximum Gasteiger partial charge on any atom is 0.334 e. The fourth-order valence-electron chi connectivity index (χ4n) is 5.95. The maximum absolute atomic E-state index is 12.9. The average Bonchev–Trinajstić information content (AvgIpc) is 3.79. The number of fused-ring (bicyclic) bond motifs is 2. The van der Waals surface area contributed by atoms with Crippen molar-refractivity contribution in [1.29, 1.82) is 0 Å². The third kappa shape index (κ3) is 7.70. The molecule has 4 aliphatic rings. The molecule has 266 valence electrons. The summed E-state index contributed by atoms with van der Waals surface area (Å²) in [5.41, 5.74) is 1.63. The normalized spacial score (nSPS) is 25.4. The van der Waals surface area contributed by atoms with Gasteiger partial charge in [-0.1, -0.05) is 6.07 Å². The van der Waals surface area contributed by atoms with Crippen LogP contribution in [0.5, 0.6) is 28.7 Å². The van der Waals surface area contributed by atoms with Gasteiger partial charge in [0.05, 0.1) is 6.61 Å². The molecular weight excluding hydrogens is 664 g/mol. The van der Waals surface area contributed by atoms with Gasteiger partial charge in [-0.3, -0.25) is 19.2 Å². The summed E-state index contributed by atoms with van der Waals surface area (Å²) in [6.07, 6.45) is -5.06. The number of hydrogen-bond donors (Lipinski definition) is 0. The minimum Gasteiger partial charge on any atom is -0.463 e. The second-order valence-electron chi connectivity index (χ2n) is 11.7. The predicted molar refractivity (Wildman–Crippen MR) is 164 cm³/mol. The van der Waals surface area contributed by atoms with Crippen LogP contribution in [0.2, 0.25) is 0 Å². The van der Waals surface area contributed by atoms with Crippen molar-refractivity contribution in [3.63, 3.8) is 0 Å². The summed E-state index contributed by atoms with van der Waals surface area (Å²) >= 11 is 0. The van der Waals surface area contributed by atoms with Crippen molar-refractivity contribution in [2.24, 2.45) is 5.92 Å². The van der Waals surface area contributed by atoms with Crippen LogP contribution in [0.15, 0.2) is 35.9 Å². The van der Waals surface area contributed by atoms with E-state index in [-0.39, 0.29) is 32.4 Å². The molecule has 2 fully saturated rings. The van der Waals surface area contributed by atoms with Crippen LogP contribution in [-0.2, 0) is 58.8 Å². The summed E-state index contributed by atoms with van der Waals surface area (Å²) in [5.74, 6) is -1.83. The Hall–Kier alpha value is -5.51. The van der Waals surface area contributed by atoms with Gasteiger partial charge in [-0.05, 0) is 41.8 Å². The van der Waals surface area contributed by atoms with Gasteiger partial charge in [0.2, 0.25) is 26.0 Å². The van der Waals surface area contributed by atoms with E-state index in [1.165, 1.54) is 6.92 Å². The molecule has 4 aliphatic heterocycles. The largest absolute Gasteiger partial charge is 0.463 e. The van der Waals surface area contributed by atoms with Gasteiger partial charge < -0.3 is 52.1 Å². The Balaban J connectivity index is 1.34. The Morgan fingerprint density at radius 2 is 1.36 bits per heavy atom. The van der Waals surface area contributed by atoms with Gasteiger partial charge in [0, 0.05) is 45.3 Å². The second-order valence-corrected chi connectivity index (χ2v) is 11.7. The first kappa shape index (κ1) is 34.4. The molecule has 0 aliphatic carbocycles. The number of carbonyl (C=O) groups excluding carboxylic acids is 5. The Labute approximate surface area is 285 Å². The van der Waals surface area contributed by atoms with E-state index >= 15 is 0 Å². The summed E-state index contributed by atoms with van der Waals surface area (Å²) in [6, 6.07) is 8.54. The lowest BCUT2D eigenvalue weighted by atomic mass is 9.92. The zero-order chi connectivity index (χ0) is 35.5. The van der Waals surface area contributed by atoms with Gasteiger partial charge in [-0.15, -0.1) is 0 Å². The first-order valence-corrected chi connectivity index (χ1v) is 15.6. The molecule has 50 heavy (non-hydrogen) atoms. The Morgan fingerprint density at radius 1 is 0.740 bits per heavy atom. The molecule has 4 heterocycles. The highest BCUT2D eigenvalue weighted by Gasteiger charge is 2.53. The monoisotopic (exact) mass is 698 g/mol. The van der Waals surface area contributed by atoms with E-state index in [9.17, 15) is 24.0 Å². The third-order valence-corrected chi connectivity index (χ3v) is 8.02. The molecule has 16 nitrogen and oxygen atoms in total. The number of cyclic esters (lactones) is 1. The van der Waals surface area contributed by atoms with E-state index in [0.717, 1.165) is 20.8 Å². The maximum atomic E-state index is 12.9. The number of esters is 5. The highest BCUT2D eigenvalue weighted by atomic mass is 16.7. The second kappa shape index (κ2) is 14.5. The summed E-state index contributed by atoms with van der Waals surface area (Å²) in [5, 5.41) is 0. The molecule has 0 saturated carbocycles. The van der Waals surface area contributed by atoms with Crippen molar-refractivity contribution in [3.05, 3.63) is 47.0 Å². The smallest absolute Gasteiger partial charge is 0.334 e. The van der Waals surface area contributed by atoms with E-state index in [4.69, 9.17) is 52.1 Å². The van der Waals surface area contributed by atoms with Crippen LogP contribution in [0.1, 0.15) is 38.8 Å². The van der Waals surface area contributed by atoms with Gasteiger partial charge in [-0.2, -0.15) is 0 Å². The van der Waals surface area contributed by atoms with Gasteiger partial charge in [0.25, 0.3) is 0 Å². The molecule has 2 saturated heterocycles. The van der Waals surface area contributed by atoms with Gasteiger partial charge in [-0.25, -0.2) is 4.79 Å². The predicted octanol–water partition coefficient (Wildman–Crippen LogP) is 2.40. The SMILES string of the molecule is CC(=O)OC[C@H]1O[C@@H](Oc2cc3c(cc2C[C@H]2COC(=O)C2=Cc2ccc4c(c2)OCO4)OCO3)[C@H](OC(C)=O)[C@@H](OC(C)=O)[C@@H]1OC(C)=O. The van der Waals surface area contributed by atoms with Crippen LogP contribution in [0, 0.1) is 5.92 Å². The number of rotatable bonds is 10. The van der Waals surface area contributed by atoms with Crippen molar-refractivity contribution < 1.29 is 76.1 Å². The summed E-state index contributed by atoms with van der Waals surface area (Å²) < 4.78 is 61.7. The van der Waals surface area contributed by atoms with Crippen molar-refractivity contribution in [2.75, 3.05) is 26.8 Å². The standard InChI is InChI=1S/C34H34O16/c1-16(35)40-13-29-30(46-17(2)36)31(47-18(3)37)32(48-19(4)38)34(50-29)49-25-11-28-27(44-15-45-28)10-21(25)9-22-12-41-33(39)23(22)7-20-5-6-24-26(8-20)43-14-42-24/h5-8,10-11,22,29-32,34H,9,12-15H2,1-4H3/t22-,29+,30+,31-,32+,34+/m0/s1. The fourth-order valence-corrected chi connectivity index (χ4v) is 5.95. The van der Waals surface area contributed by atoms with E-state index in [1.807, 2.05) is 0 Å². The molecule has 0 radical (unpaired) electrons. The van der Waals surface area contributed by atoms with Crippen LogP contribution >= 0.6 is 0 Å². The molecule has 0 N–H and O–H groups in total. The molecule has 16 heteroatoms. The quantitative estimate of drug-likeness (QED) is 0.200. The molecule has 2 aromatic rings.